The average Bonchev–Trinajstić information content (AvgIpc) is 3.27. The van der Waals surface area contributed by atoms with E-state index in [9.17, 15) is 0 Å². The van der Waals surface area contributed by atoms with E-state index < -0.39 is 0 Å². The fourth-order valence-electron chi connectivity index (χ4n) is 2.88. The Bertz CT molecular complexity index is 776. The van der Waals surface area contributed by atoms with Crippen LogP contribution in [0.1, 0.15) is 30.2 Å². The number of imidazole rings is 1. The van der Waals surface area contributed by atoms with Gasteiger partial charge in [-0.05, 0) is 18.4 Å². The Labute approximate surface area is 132 Å². The summed E-state index contributed by atoms with van der Waals surface area (Å²) in [4.78, 5) is 12.4. The van der Waals surface area contributed by atoms with Gasteiger partial charge in [-0.3, -0.25) is 4.90 Å². The Morgan fingerprint density at radius 2 is 2.32 bits per heavy atom. The van der Waals surface area contributed by atoms with E-state index in [2.05, 4.69) is 38.6 Å². The molecule has 6 nitrogen and oxygen atoms in total. The molecule has 1 atom stereocenters. The van der Waals surface area contributed by atoms with Gasteiger partial charge in [0.2, 0.25) is 11.7 Å². The number of hydrogen-bond acceptors (Lipinski definition) is 6. The molecule has 0 radical (unpaired) electrons. The first kappa shape index (κ1) is 13.7. The molecule has 0 bridgehead atoms. The molecule has 0 amide bonds. The highest BCUT2D eigenvalue weighted by Gasteiger charge is 2.27. The normalized spacial score (nSPS) is 16.6. The van der Waals surface area contributed by atoms with E-state index in [0.29, 0.717) is 11.7 Å². The van der Waals surface area contributed by atoms with Gasteiger partial charge < -0.3 is 9.09 Å². The number of hydrogen-bond donors (Lipinski definition) is 0. The van der Waals surface area contributed by atoms with Crippen LogP contribution in [0.5, 0.6) is 0 Å². The van der Waals surface area contributed by atoms with Crippen LogP contribution < -0.4 is 0 Å². The molecule has 3 aromatic heterocycles. The fraction of sp³-hybridized carbons (Fsp3) is 0.400. The molecule has 1 aliphatic heterocycles. The third kappa shape index (κ3) is 2.26. The molecule has 1 aliphatic rings. The molecule has 4 rings (SSSR count). The maximum Gasteiger partial charge on any atom is 0.244 e. The summed E-state index contributed by atoms with van der Waals surface area (Å²) in [5.74, 6) is 1.34. The summed E-state index contributed by atoms with van der Waals surface area (Å²) in [6.45, 7) is 3.91. The fourth-order valence-corrected chi connectivity index (χ4v) is 3.52. The molecule has 22 heavy (non-hydrogen) atoms. The Hall–Kier alpha value is -1.99. The molecular weight excluding hydrogens is 298 g/mol. The first-order chi connectivity index (χ1) is 10.7. The van der Waals surface area contributed by atoms with E-state index >= 15 is 0 Å². The van der Waals surface area contributed by atoms with Crippen molar-refractivity contribution in [2.75, 3.05) is 6.54 Å². The highest BCUT2D eigenvalue weighted by atomic mass is 32.1. The predicted molar refractivity (Wildman–Crippen MR) is 83.3 cm³/mol. The van der Waals surface area contributed by atoms with Crippen molar-refractivity contribution in [3.63, 3.8) is 0 Å². The van der Waals surface area contributed by atoms with Crippen LogP contribution in [0.2, 0.25) is 0 Å². The van der Waals surface area contributed by atoms with Gasteiger partial charge in [0.05, 0.1) is 22.9 Å². The van der Waals surface area contributed by atoms with Crippen LogP contribution in [0.3, 0.4) is 0 Å². The predicted octanol–water partition coefficient (Wildman–Crippen LogP) is 2.65. The number of rotatable bonds is 3. The van der Waals surface area contributed by atoms with E-state index in [-0.39, 0.29) is 6.04 Å². The monoisotopic (exact) mass is 315 g/mol. The smallest absolute Gasteiger partial charge is 0.244 e. The van der Waals surface area contributed by atoms with Gasteiger partial charge in [-0.15, -0.1) is 11.3 Å². The van der Waals surface area contributed by atoms with E-state index in [1.165, 1.54) is 5.69 Å². The lowest BCUT2D eigenvalue weighted by Crippen LogP contribution is -2.33. The molecular formula is C15H17N5OS. The van der Waals surface area contributed by atoms with Gasteiger partial charge in [-0.25, -0.2) is 4.98 Å². The van der Waals surface area contributed by atoms with Gasteiger partial charge in [0.25, 0.3) is 0 Å². The average molecular weight is 315 g/mol. The van der Waals surface area contributed by atoms with Crippen LogP contribution in [0.4, 0.5) is 0 Å². The summed E-state index contributed by atoms with van der Waals surface area (Å²) < 4.78 is 7.58. The van der Waals surface area contributed by atoms with Crippen LogP contribution in [0.25, 0.3) is 10.7 Å². The van der Waals surface area contributed by atoms with Crippen molar-refractivity contribution in [2.24, 2.45) is 7.05 Å². The Morgan fingerprint density at radius 3 is 3.14 bits per heavy atom. The summed E-state index contributed by atoms with van der Waals surface area (Å²) in [5.41, 5.74) is 2.48. The number of aromatic nitrogens is 4. The maximum absolute atomic E-state index is 5.47. The molecule has 0 fully saturated rings. The molecule has 114 valence electrons. The summed E-state index contributed by atoms with van der Waals surface area (Å²) >= 11 is 1.62. The number of aryl methyl sites for hydroxylation is 1. The Balaban J connectivity index is 1.54. The van der Waals surface area contributed by atoms with Crippen LogP contribution in [0.15, 0.2) is 28.4 Å². The zero-order valence-corrected chi connectivity index (χ0v) is 13.4. The Kier molecular flexibility index (Phi) is 3.31. The van der Waals surface area contributed by atoms with Crippen LogP contribution in [0, 0.1) is 0 Å². The lowest BCUT2D eigenvalue weighted by molar-refractivity contribution is 0.155. The molecule has 0 aliphatic carbocycles. The van der Waals surface area contributed by atoms with Crippen molar-refractivity contribution in [2.45, 2.75) is 25.9 Å². The molecule has 7 heteroatoms. The topological polar surface area (TPSA) is 60.0 Å². The summed E-state index contributed by atoms with van der Waals surface area (Å²) in [7, 11) is 2.05. The third-order valence-electron chi connectivity index (χ3n) is 4.22. The first-order valence-corrected chi connectivity index (χ1v) is 8.21. The number of nitrogens with zero attached hydrogens (tertiary/aromatic N) is 5. The minimum Gasteiger partial charge on any atom is -0.337 e. The second-order valence-corrected chi connectivity index (χ2v) is 6.53. The minimum atomic E-state index is 0.0939. The highest BCUT2D eigenvalue weighted by molar-refractivity contribution is 7.13. The second kappa shape index (κ2) is 5.33. The van der Waals surface area contributed by atoms with Gasteiger partial charge >= 0.3 is 0 Å². The maximum atomic E-state index is 5.47. The molecule has 0 N–H and O–H groups in total. The second-order valence-electron chi connectivity index (χ2n) is 5.58. The van der Waals surface area contributed by atoms with Crippen molar-refractivity contribution in [3.8, 4) is 10.7 Å². The molecule has 1 unspecified atom stereocenters. The number of thiophene rings is 1. The van der Waals surface area contributed by atoms with Gasteiger partial charge in [0.1, 0.15) is 0 Å². The van der Waals surface area contributed by atoms with Gasteiger partial charge in [-0.1, -0.05) is 11.2 Å². The zero-order chi connectivity index (χ0) is 15.1. The SMILES string of the molecule is CC(c1nc(-c2cccs2)no1)N1CCc2c(ncn2C)C1. The van der Waals surface area contributed by atoms with E-state index in [1.807, 2.05) is 23.8 Å². The van der Waals surface area contributed by atoms with Crippen molar-refractivity contribution in [3.05, 3.63) is 41.1 Å². The van der Waals surface area contributed by atoms with Gasteiger partial charge in [0, 0.05) is 32.3 Å². The molecule has 4 heterocycles. The summed E-state index contributed by atoms with van der Waals surface area (Å²) in [6.07, 6.45) is 2.89. The standard InChI is InChI=1S/C15H17N5OS/c1-10(15-17-14(18-21-15)13-4-3-7-22-13)20-6-5-12-11(8-20)16-9-19(12)2/h3-4,7,9-10H,5-6,8H2,1-2H3. The first-order valence-electron chi connectivity index (χ1n) is 7.33. The van der Waals surface area contributed by atoms with E-state index in [4.69, 9.17) is 4.52 Å². The molecule has 0 spiro atoms. The largest absolute Gasteiger partial charge is 0.337 e. The van der Waals surface area contributed by atoms with E-state index in [1.54, 1.807) is 11.3 Å². The third-order valence-corrected chi connectivity index (χ3v) is 5.09. The lowest BCUT2D eigenvalue weighted by atomic mass is 10.1. The van der Waals surface area contributed by atoms with Gasteiger partial charge in [0.15, 0.2) is 0 Å². The summed E-state index contributed by atoms with van der Waals surface area (Å²) in [5, 5.41) is 6.12. The van der Waals surface area contributed by atoms with Crippen molar-refractivity contribution >= 4 is 11.3 Å². The van der Waals surface area contributed by atoms with Crippen LogP contribution in [-0.2, 0) is 20.0 Å². The lowest BCUT2D eigenvalue weighted by Gasteiger charge is -2.29. The van der Waals surface area contributed by atoms with Crippen LogP contribution >= 0.6 is 11.3 Å². The van der Waals surface area contributed by atoms with Crippen molar-refractivity contribution in [1.82, 2.24) is 24.6 Å². The quantitative estimate of drug-likeness (QED) is 0.743. The van der Waals surface area contributed by atoms with Gasteiger partial charge in [-0.2, -0.15) is 4.98 Å². The molecule has 3 aromatic rings. The molecule has 0 saturated carbocycles. The number of fused-ring (bicyclic) bond motifs is 1. The van der Waals surface area contributed by atoms with Crippen LogP contribution in [-0.4, -0.2) is 31.1 Å². The molecule has 0 saturated heterocycles. The van der Waals surface area contributed by atoms with Crippen molar-refractivity contribution < 1.29 is 4.52 Å². The Morgan fingerprint density at radius 1 is 1.41 bits per heavy atom. The zero-order valence-electron chi connectivity index (χ0n) is 12.6. The van der Waals surface area contributed by atoms with Crippen molar-refractivity contribution in [1.29, 1.82) is 0 Å². The molecule has 0 aromatic carbocycles. The van der Waals surface area contributed by atoms with E-state index in [0.717, 1.165) is 30.1 Å². The minimum absolute atomic E-state index is 0.0939. The summed E-state index contributed by atoms with van der Waals surface area (Å²) in [6, 6.07) is 4.09. The highest BCUT2D eigenvalue weighted by Crippen LogP contribution is 2.28.